The largest absolute Gasteiger partial charge is 0.466 e. The minimum absolute atomic E-state index is 0.203. The van der Waals surface area contributed by atoms with Gasteiger partial charge in [0.1, 0.15) is 0 Å². The molecule has 0 aromatic rings. The summed E-state index contributed by atoms with van der Waals surface area (Å²) >= 11 is 15.9. The van der Waals surface area contributed by atoms with Gasteiger partial charge in [-0.05, 0) is 6.92 Å². The molecule has 0 aliphatic rings. The molecule has 0 saturated heterocycles. The molecule has 5 heteroatoms. The van der Waals surface area contributed by atoms with Crippen molar-refractivity contribution in [2.45, 2.75) is 96.2 Å². The van der Waals surface area contributed by atoms with Crippen LogP contribution in [-0.4, -0.2) is 16.4 Å². The molecule has 0 unspecified atom stereocenters. The van der Waals surface area contributed by atoms with Crippen LogP contribution < -0.4 is 0 Å². The van der Waals surface area contributed by atoms with E-state index in [2.05, 4.69) is 32.4 Å². The number of unbranched alkanes of at least 4 members (excludes halogenated alkanes) is 6. The predicted molar refractivity (Wildman–Crippen MR) is 101 cm³/mol. The highest BCUT2D eigenvalue weighted by Crippen LogP contribution is 2.30. The molecule has 0 aromatic carbocycles. The van der Waals surface area contributed by atoms with Crippen LogP contribution in [0.3, 0.4) is 0 Å². The van der Waals surface area contributed by atoms with E-state index in [0.29, 0.717) is 6.61 Å². The van der Waals surface area contributed by atoms with E-state index in [4.69, 9.17) is 34.8 Å². The van der Waals surface area contributed by atoms with Crippen LogP contribution in [0.2, 0.25) is 0 Å². The van der Waals surface area contributed by atoms with Crippen LogP contribution in [0.4, 0.5) is 0 Å². The van der Waals surface area contributed by atoms with Crippen LogP contribution in [0.1, 0.15) is 92.4 Å². The van der Waals surface area contributed by atoms with Crippen molar-refractivity contribution in [2.24, 2.45) is 0 Å². The van der Waals surface area contributed by atoms with Gasteiger partial charge in [-0.1, -0.05) is 114 Å². The van der Waals surface area contributed by atoms with Gasteiger partial charge in [0.2, 0.25) is 3.79 Å². The molecule has 0 spiro atoms. The lowest BCUT2D eigenvalue weighted by molar-refractivity contribution is -0.142. The number of esters is 1. The molecule has 22 heavy (non-hydrogen) atoms. The lowest BCUT2D eigenvalue weighted by Gasteiger charge is -2.08. The number of ether oxygens (including phenoxy) is 1. The first-order chi connectivity index (χ1) is 10.3. The van der Waals surface area contributed by atoms with Gasteiger partial charge in [-0.2, -0.15) is 0 Å². The second-order valence-electron chi connectivity index (χ2n) is 5.01. The minimum Gasteiger partial charge on any atom is -0.466 e. The summed E-state index contributed by atoms with van der Waals surface area (Å²) in [5.74, 6) is -0.498. The number of hydrogen-bond acceptors (Lipinski definition) is 2. The Morgan fingerprint density at radius 2 is 1.09 bits per heavy atom. The Labute approximate surface area is 153 Å². The van der Waals surface area contributed by atoms with Crippen molar-refractivity contribution in [3.63, 3.8) is 0 Å². The van der Waals surface area contributed by atoms with Crippen LogP contribution in [0.5, 0.6) is 0 Å². The summed E-state index contributed by atoms with van der Waals surface area (Å²) in [6.07, 6.45) is 10.9. The Kier molecular flexibility index (Phi) is 26.4. The third-order valence-electron chi connectivity index (χ3n) is 2.56. The molecule has 0 heterocycles. The maximum atomic E-state index is 10.6. The predicted octanol–water partition coefficient (Wildman–Crippen LogP) is 7.48. The molecule has 0 amide bonds. The summed E-state index contributed by atoms with van der Waals surface area (Å²) in [5, 5.41) is 0. The molecule has 0 N–H and O–H groups in total. The standard InChI is InChI=1S/2C6H14.C5H7Cl3O2/c2*1-3-5-6-4-2;1-2-10-4(9)3-5(6,7)8/h2*3-6H2,1-2H3;2-3H2,1H3. The molecule has 0 atom stereocenters. The highest BCUT2D eigenvalue weighted by Gasteiger charge is 2.24. The van der Waals surface area contributed by atoms with Gasteiger partial charge in [0.05, 0.1) is 13.0 Å². The topological polar surface area (TPSA) is 26.3 Å². The number of carbonyl (C=O) groups is 1. The maximum absolute atomic E-state index is 10.6. The first-order valence-electron chi connectivity index (χ1n) is 8.51. The van der Waals surface area contributed by atoms with Crippen molar-refractivity contribution in [1.29, 1.82) is 0 Å². The number of halogens is 3. The smallest absolute Gasteiger partial charge is 0.310 e. The van der Waals surface area contributed by atoms with Gasteiger partial charge < -0.3 is 4.74 Å². The fourth-order valence-electron chi connectivity index (χ4n) is 1.38. The van der Waals surface area contributed by atoms with Crippen molar-refractivity contribution in [3.8, 4) is 0 Å². The van der Waals surface area contributed by atoms with E-state index in [0.717, 1.165) is 0 Å². The number of alkyl halides is 3. The third-order valence-corrected chi connectivity index (χ3v) is 2.97. The molecular weight excluding hydrogens is 343 g/mol. The van der Waals surface area contributed by atoms with E-state index >= 15 is 0 Å². The van der Waals surface area contributed by atoms with Crippen molar-refractivity contribution in [1.82, 2.24) is 0 Å². The van der Waals surface area contributed by atoms with Gasteiger partial charge in [-0.25, -0.2) is 0 Å². The van der Waals surface area contributed by atoms with E-state index in [1.807, 2.05) is 0 Å². The second kappa shape index (κ2) is 21.3. The molecule has 0 saturated carbocycles. The zero-order chi connectivity index (χ0) is 17.9. The molecule has 0 bridgehead atoms. The number of carbonyl (C=O) groups excluding carboxylic acids is 1. The Morgan fingerprint density at radius 3 is 1.27 bits per heavy atom. The minimum atomic E-state index is -1.54. The Balaban J connectivity index is -0.000000261. The lowest BCUT2D eigenvalue weighted by Crippen LogP contribution is -2.13. The van der Waals surface area contributed by atoms with E-state index in [1.165, 1.54) is 51.4 Å². The SMILES string of the molecule is CCCCCC.CCCCCC.CCOC(=O)CC(Cl)(Cl)Cl. The zero-order valence-corrected chi connectivity index (χ0v) is 17.3. The van der Waals surface area contributed by atoms with Gasteiger partial charge in [0.25, 0.3) is 0 Å². The van der Waals surface area contributed by atoms with Crippen molar-refractivity contribution >= 4 is 40.8 Å². The van der Waals surface area contributed by atoms with Gasteiger partial charge in [0, 0.05) is 0 Å². The molecule has 0 rings (SSSR count). The molecule has 0 radical (unpaired) electrons. The van der Waals surface area contributed by atoms with Crippen molar-refractivity contribution in [2.75, 3.05) is 6.61 Å². The Morgan fingerprint density at radius 1 is 0.773 bits per heavy atom. The molecule has 0 fully saturated rings. The van der Waals surface area contributed by atoms with Gasteiger partial charge >= 0.3 is 5.97 Å². The molecule has 0 aromatic heterocycles. The van der Waals surface area contributed by atoms with Gasteiger partial charge in [-0.15, -0.1) is 0 Å². The van der Waals surface area contributed by atoms with Crippen LogP contribution in [-0.2, 0) is 9.53 Å². The summed E-state index contributed by atoms with van der Waals surface area (Å²) in [4.78, 5) is 10.6. The van der Waals surface area contributed by atoms with Gasteiger partial charge in [-0.3, -0.25) is 4.79 Å². The third kappa shape index (κ3) is 37.0. The Bertz CT molecular complexity index is 200. The summed E-state index contributed by atoms with van der Waals surface area (Å²) < 4.78 is 2.99. The summed E-state index contributed by atoms with van der Waals surface area (Å²) in [5.41, 5.74) is 0. The fourth-order valence-corrected chi connectivity index (χ4v) is 1.70. The average molecular weight is 378 g/mol. The van der Waals surface area contributed by atoms with E-state index in [1.54, 1.807) is 6.92 Å². The van der Waals surface area contributed by atoms with Crippen LogP contribution in [0.15, 0.2) is 0 Å². The highest BCUT2D eigenvalue weighted by molar-refractivity contribution is 6.68. The quantitative estimate of drug-likeness (QED) is 0.249. The van der Waals surface area contributed by atoms with E-state index in [9.17, 15) is 4.79 Å². The molecule has 2 nitrogen and oxygen atoms in total. The number of hydrogen-bond donors (Lipinski definition) is 0. The molecule has 136 valence electrons. The summed E-state index contributed by atoms with van der Waals surface area (Å²) in [6.45, 7) is 10.9. The Hall–Kier alpha value is 0.340. The van der Waals surface area contributed by atoms with Crippen molar-refractivity contribution in [3.05, 3.63) is 0 Å². The molecule has 0 aliphatic carbocycles. The van der Waals surface area contributed by atoms with E-state index in [-0.39, 0.29) is 6.42 Å². The molecular formula is C17H35Cl3O2. The van der Waals surface area contributed by atoms with Gasteiger partial charge in [0.15, 0.2) is 0 Å². The second-order valence-corrected chi connectivity index (χ2v) is 7.53. The lowest BCUT2D eigenvalue weighted by atomic mass is 10.2. The monoisotopic (exact) mass is 376 g/mol. The van der Waals surface area contributed by atoms with Crippen molar-refractivity contribution < 1.29 is 9.53 Å². The highest BCUT2D eigenvalue weighted by atomic mass is 35.6. The first-order valence-corrected chi connectivity index (χ1v) is 9.64. The number of rotatable bonds is 8. The fraction of sp³-hybridized carbons (Fsp3) is 0.941. The average Bonchev–Trinajstić information content (AvgIpc) is 2.42. The normalized spacial score (nSPS) is 10.0. The maximum Gasteiger partial charge on any atom is 0.310 e. The molecule has 0 aliphatic heterocycles. The van der Waals surface area contributed by atoms with Crippen LogP contribution >= 0.6 is 34.8 Å². The zero-order valence-electron chi connectivity index (χ0n) is 15.0. The van der Waals surface area contributed by atoms with E-state index < -0.39 is 9.76 Å². The summed E-state index contributed by atoms with van der Waals surface area (Å²) in [7, 11) is 0. The van der Waals surface area contributed by atoms with Crippen LogP contribution in [0.25, 0.3) is 0 Å². The summed E-state index contributed by atoms with van der Waals surface area (Å²) in [6, 6.07) is 0. The first kappa shape index (κ1) is 27.2. The van der Waals surface area contributed by atoms with Crippen LogP contribution in [0, 0.1) is 0 Å².